The molecule has 242 valence electrons. The molecule has 2 unspecified atom stereocenters. The van der Waals surface area contributed by atoms with Gasteiger partial charge in [0.25, 0.3) is 0 Å². The lowest BCUT2D eigenvalue weighted by atomic mass is 9.87. The highest BCUT2D eigenvalue weighted by Crippen LogP contribution is 2.36. The number of hydrogen-bond donors (Lipinski definition) is 1. The SMILES string of the molecule is C/C=C(\C)c1cc(CN2CCC(C(C)N(c3ccccc3C)C(C)c3ccccc3)CC2)ccc1C(=N)c1ccccc1F.CC. The molecular formula is C42H52FN3. The van der Waals surface area contributed by atoms with E-state index in [-0.39, 0.29) is 17.6 Å². The number of nitrogens with one attached hydrogen (secondary N) is 1. The Morgan fingerprint density at radius 1 is 0.870 bits per heavy atom. The van der Waals surface area contributed by atoms with E-state index < -0.39 is 0 Å². The van der Waals surface area contributed by atoms with Gasteiger partial charge in [-0.3, -0.25) is 10.3 Å². The van der Waals surface area contributed by atoms with Gasteiger partial charge in [-0.05, 0) is 119 Å². The molecule has 3 nitrogen and oxygen atoms in total. The standard InChI is InChI=1S/C40H46FN3.C2H6/c1-6-28(2)37-26-32(20-21-35(37)40(42)36-17-11-12-18-38(36)41)27-43-24-22-34(23-25-43)31(5)44(39-19-13-10-14-29(39)3)30(4)33-15-8-7-9-16-33;1-2/h6-21,26,30-31,34,42H,22-25,27H2,1-5H3;1-2H3/b28-6+,42-40?;. The van der Waals surface area contributed by atoms with Gasteiger partial charge in [-0.25, -0.2) is 4.39 Å². The minimum absolute atomic E-state index is 0.226. The molecule has 0 spiro atoms. The van der Waals surface area contributed by atoms with Crippen LogP contribution in [0.4, 0.5) is 10.1 Å². The second kappa shape index (κ2) is 16.5. The average Bonchev–Trinajstić information content (AvgIpc) is 3.10. The van der Waals surface area contributed by atoms with Crippen LogP contribution in [0.5, 0.6) is 0 Å². The van der Waals surface area contributed by atoms with E-state index in [2.05, 4.69) is 110 Å². The van der Waals surface area contributed by atoms with Crippen LogP contribution in [0.25, 0.3) is 5.57 Å². The van der Waals surface area contributed by atoms with Gasteiger partial charge in [-0.1, -0.05) is 92.7 Å². The lowest BCUT2D eigenvalue weighted by Crippen LogP contribution is -2.45. The summed E-state index contributed by atoms with van der Waals surface area (Å²) in [6, 6.07) is 33.2. The molecule has 1 aliphatic heterocycles. The lowest BCUT2D eigenvalue weighted by Gasteiger charge is -2.44. The van der Waals surface area contributed by atoms with E-state index in [1.807, 2.05) is 26.8 Å². The molecule has 0 aliphatic carbocycles. The van der Waals surface area contributed by atoms with E-state index >= 15 is 0 Å². The lowest BCUT2D eigenvalue weighted by molar-refractivity contribution is 0.161. The largest absolute Gasteiger partial charge is 0.362 e. The van der Waals surface area contributed by atoms with E-state index in [9.17, 15) is 4.39 Å². The molecule has 4 aromatic carbocycles. The van der Waals surface area contributed by atoms with Crippen LogP contribution in [0.2, 0.25) is 0 Å². The number of benzene rings is 4. The third-order valence-corrected chi connectivity index (χ3v) is 9.61. The summed E-state index contributed by atoms with van der Waals surface area (Å²) in [4.78, 5) is 5.22. The quantitative estimate of drug-likeness (QED) is 0.179. The molecule has 0 aromatic heterocycles. The predicted octanol–water partition coefficient (Wildman–Crippen LogP) is 10.9. The van der Waals surface area contributed by atoms with E-state index in [1.54, 1.807) is 18.2 Å². The van der Waals surface area contributed by atoms with E-state index in [1.165, 1.54) is 28.4 Å². The van der Waals surface area contributed by atoms with Crippen molar-refractivity contribution in [3.05, 3.63) is 142 Å². The molecule has 1 fully saturated rings. The molecule has 2 atom stereocenters. The molecule has 46 heavy (non-hydrogen) atoms. The Morgan fingerprint density at radius 2 is 1.50 bits per heavy atom. The number of hydrogen-bond acceptors (Lipinski definition) is 3. The Morgan fingerprint density at radius 3 is 2.15 bits per heavy atom. The highest BCUT2D eigenvalue weighted by molar-refractivity contribution is 6.13. The molecule has 5 rings (SSSR count). The summed E-state index contributed by atoms with van der Waals surface area (Å²) in [7, 11) is 0. The zero-order valence-corrected chi connectivity index (χ0v) is 28.9. The van der Waals surface area contributed by atoms with Crippen LogP contribution >= 0.6 is 0 Å². The summed E-state index contributed by atoms with van der Waals surface area (Å²) in [5.74, 6) is 0.239. The van der Waals surface area contributed by atoms with Gasteiger partial charge in [0.2, 0.25) is 0 Å². The summed E-state index contributed by atoms with van der Waals surface area (Å²) in [6.07, 6.45) is 4.38. The number of rotatable bonds is 10. The first-order chi connectivity index (χ1) is 22.3. The van der Waals surface area contributed by atoms with Gasteiger partial charge in [-0.2, -0.15) is 0 Å². The third kappa shape index (κ3) is 8.03. The minimum atomic E-state index is -0.359. The fourth-order valence-electron chi connectivity index (χ4n) is 6.80. The van der Waals surface area contributed by atoms with Crippen LogP contribution in [0.15, 0.2) is 103 Å². The van der Waals surface area contributed by atoms with Crippen molar-refractivity contribution in [1.82, 2.24) is 4.90 Å². The maximum atomic E-state index is 14.5. The normalized spacial score (nSPS) is 15.4. The fourth-order valence-corrected chi connectivity index (χ4v) is 6.80. The van der Waals surface area contributed by atoms with Gasteiger partial charge in [0, 0.05) is 29.4 Å². The monoisotopic (exact) mass is 617 g/mol. The van der Waals surface area contributed by atoms with Crippen molar-refractivity contribution < 1.29 is 4.39 Å². The molecule has 1 saturated heterocycles. The molecular weight excluding hydrogens is 565 g/mol. The maximum absolute atomic E-state index is 14.5. The van der Waals surface area contributed by atoms with Crippen molar-refractivity contribution in [1.29, 1.82) is 5.41 Å². The molecule has 1 N–H and O–H groups in total. The Balaban J connectivity index is 0.00000235. The molecule has 0 bridgehead atoms. The topological polar surface area (TPSA) is 30.3 Å². The number of aryl methyl sites for hydroxylation is 1. The van der Waals surface area contributed by atoms with Crippen LogP contribution in [-0.2, 0) is 6.54 Å². The van der Waals surface area contributed by atoms with Crippen molar-refractivity contribution in [3.63, 3.8) is 0 Å². The van der Waals surface area contributed by atoms with Crippen molar-refractivity contribution in [2.75, 3.05) is 18.0 Å². The van der Waals surface area contributed by atoms with Gasteiger partial charge in [-0.15, -0.1) is 0 Å². The second-order valence-electron chi connectivity index (χ2n) is 12.3. The summed E-state index contributed by atoms with van der Waals surface area (Å²) in [5, 5.41) is 8.82. The first-order valence-corrected chi connectivity index (χ1v) is 17.0. The molecule has 0 radical (unpaired) electrons. The zero-order chi connectivity index (χ0) is 33.2. The number of nitrogens with zero attached hydrogens (tertiary/aromatic N) is 2. The Hall–Kier alpha value is -4.02. The Labute approximate surface area is 277 Å². The number of para-hydroxylation sites is 1. The number of piperidine rings is 1. The number of likely N-dealkylation sites (tertiary alicyclic amines) is 1. The summed E-state index contributed by atoms with van der Waals surface area (Å²) >= 11 is 0. The van der Waals surface area contributed by atoms with Crippen LogP contribution in [0, 0.1) is 24.1 Å². The minimum Gasteiger partial charge on any atom is -0.362 e. The Bertz CT molecular complexity index is 1600. The number of allylic oxidation sites excluding steroid dienone is 2. The van der Waals surface area contributed by atoms with Crippen LogP contribution < -0.4 is 4.90 Å². The maximum Gasteiger partial charge on any atom is 0.132 e. The fraction of sp³-hybridized carbons (Fsp3) is 0.357. The third-order valence-electron chi connectivity index (χ3n) is 9.61. The highest BCUT2D eigenvalue weighted by Gasteiger charge is 2.31. The molecule has 0 amide bonds. The van der Waals surface area contributed by atoms with Crippen LogP contribution in [0.1, 0.15) is 93.8 Å². The number of halogens is 1. The summed E-state index contributed by atoms with van der Waals surface area (Å²) in [5.41, 5.74) is 8.66. The van der Waals surface area contributed by atoms with Crippen molar-refractivity contribution in [2.45, 2.75) is 79.9 Å². The van der Waals surface area contributed by atoms with Crippen molar-refractivity contribution >= 4 is 17.0 Å². The molecule has 1 aliphatic rings. The van der Waals surface area contributed by atoms with Gasteiger partial charge in [0.15, 0.2) is 0 Å². The van der Waals surface area contributed by atoms with Crippen LogP contribution in [0.3, 0.4) is 0 Å². The van der Waals surface area contributed by atoms with E-state index in [0.717, 1.165) is 49.2 Å². The van der Waals surface area contributed by atoms with Crippen molar-refractivity contribution in [3.8, 4) is 0 Å². The van der Waals surface area contributed by atoms with Crippen LogP contribution in [-0.4, -0.2) is 29.7 Å². The van der Waals surface area contributed by atoms with Gasteiger partial charge >= 0.3 is 0 Å². The predicted molar refractivity (Wildman–Crippen MR) is 195 cm³/mol. The molecule has 0 saturated carbocycles. The zero-order valence-electron chi connectivity index (χ0n) is 28.9. The Kier molecular flexibility index (Phi) is 12.5. The molecule has 1 heterocycles. The van der Waals surface area contributed by atoms with Gasteiger partial charge in [0.1, 0.15) is 5.82 Å². The van der Waals surface area contributed by atoms with Gasteiger partial charge < -0.3 is 4.90 Å². The molecule has 4 aromatic rings. The van der Waals surface area contributed by atoms with E-state index in [4.69, 9.17) is 5.41 Å². The van der Waals surface area contributed by atoms with Gasteiger partial charge in [0.05, 0.1) is 11.8 Å². The first-order valence-electron chi connectivity index (χ1n) is 17.0. The summed E-state index contributed by atoms with van der Waals surface area (Å²) < 4.78 is 14.5. The van der Waals surface area contributed by atoms with Crippen molar-refractivity contribution in [2.24, 2.45) is 5.92 Å². The highest BCUT2D eigenvalue weighted by atomic mass is 19.1. The second-order valence-corrected chi connectivity index (χ2v) is 12.3. The first kappa shape index (κ1) is 34.8. The molecule has 4 heteroatoms. The van der Waals surface area contributed by atoms with E-state index in [0.29, 0.717) is 17.5 Å². The smallest absolute Gasteiger partial charge is 0.132 e. The average molecular weight is 618 g/mol. The number of anilines is 1. The summed E-state index contributed by atoms with van der Waals surface area (Å²) in [6.45, 7) is 18.1.